The van der Waals surface area contributed by atoms with E-state index in [0.29, 0.717) is 5.82 Å². The average Bonchev–Trinajstić information content (AvgIpc) is 2.79. The van der Waals surface area contributed by atoms with Crippen LogP contribution >= 0.6 is 0 Å². The summed E-state index contributed by atoms with van der Waals surface area (Å²) < 4.78 is 1.66. The van der Waals surface area contributed by atoms with Gasteiger partial charge in [-0.15, -0.1) is 0 Å². The topological polar surface area (TPSA) is 63.6 Å². The molecular weight excluding hydrogens is 252 g/mol. The molecule has 3 rings (SSSR count). The van der Waals surface area contributed by atoms with Crippen LogP contribution in [0.15, 0.2) is 35.1 Å². The highest BCUT2D eigenvalue weighted by atomic mass is 16.1. The highest BCUT2D eigenvalue weighted by molar-refractivity contribution is 5.74. The molecule has 0 fully saturated rings. The Bertz CT molecular complexity index is 816. The predicted octanol–water partition coefficient (Wildman–Crippen LogP) is 2.37. The summed E-state index contributed by atoms with van der Waals surface area (Å²) in [5.74, 6) is 0.334. The maximum absolute atomic E-state index is 12.2. The summed E-state index contributed by atoms with van der Waals surface area (Å²) in [5, 5.41) is 4.40. The monoisotopic (exact) mass is 268 g/mol. The molecule has 0 atom stereocenters. The molecule has 0 saturated carbocycles. The second-order valence-corrected chi connectivity index (χ2v) is 4.85. The standard InChI is InChI=1S/C15H16N4O/c1-3-6-11-9-10(2)18-19(11)14-15(20)17-13-8-5-4-7-12(13)16-14/h4-5,7-9H,3,6H2,1-2H3,(H,17,20). The van der Waals surface area contributed by atoms with Crippen LogP contribution in [-0.2, 0) is 6.42 Å². The van der Waals surface area contributed by atoms with Crippen molar-refractivity contribution in [3.05, 3.63) is 52.1 Å². The Kier molecular flexibility index (Phi) is 3.10. The van der Waals surface area contributed by atoms with Gasteiger partial charge in [0.15, 0.2) is 0 Å². The molecule has 0 amide bonds. The summed E-state index contributed by atoms with van der Waals surface area (Å²) in [6.45, 7) is 4.02. The normalized spacial score (nSPS) is 11.1. The van der Waals surface area contributed by atoms with Crippen LogP contribution in [0.1, 0.15) is 24.7 Å². The summed E-state index contributed by atoms with van der Waals surface area (Å²) in [5.41, 5.74) is 3.19. The molecule has 1 aromatic carbocycles. The first kappa shape index (κ1) is 12.6. The van der Waals surface area contributed by atoms with Gasteiger partial charge in [0.2, 0.25) is 5.82 Å². The summed E-state index contributed by atoms with van der Waals surface area (Å²) >= 11 is 0. The Morgan fingerprint density at radius 2 is 2.10 bits per heavy atom. The lowest BCUT2D eigenvalue weighted by atomic mass is 10.2. The molecule has 0 bridgehead atoms. The first-order valence-corrected chi connectivity index (χ1v) is 6.74. The van der Waals surface area contributed by atoms with Gasteiger partial charge in [-0.1, -0.05) is 25.5 Å². The molecule has 1 N–H and O–H groups in total. The third kappa shape index (κ3) is 2.11. The van der Waals surface area contributed by atoms with E-state index in [0.717, 1.165) is 35.3 Å². The lowest BCUT2D eigenvalue weighted by molar-refractivity contribution is 0.746. The van der Waals surface area contributed by atoms with Crippen molar-refractivity contribution in [1.29, 1.82) is 0 Å². The number of hydrogen-bond acceptors (Lipinski definition) is 3. The first-order chi connectivity index (χ1) is 9.69. The second kappa shape index (κ2) is 4.92. The van der Waals surface area contributed by atoms with Gasteiger partial charge in [0, 0.05) is 5.69 Å². The van der Waals surface area contributed by atoms with E-state index < -0.39 is 0 Å². The highest BCUT2D eigenvalue weighted by Gasteiger charge is 2.12. The van der Waals surface area contributed by atoms with Gasteiger partial charge in [-0.25, -0.2) is 9.67 Å². The van der Waals surface area contributed by atoms with Crippen molar-refractivity contribution in [3.8, 4) is 5.82 Å². The lowest BCUT2D eigenvalue weighted by Crippen LogP contribution is -2.19. The Hall–Kier alpha value is -2.43. The molecule has 0 spiro atoms. The van der Waals surface area contributed by atoms with E-state index in [4.69, 9.17) is 0 Å². The van der Waals surface area contributed by atoms with Crippen LogP contribution in [0.4, 0.5) is 0 Å². The SMILES string of the molecule is CCCc1cc(C)nn1-c1nc2ccccc2[nH]c1=O. The minimum atomic E-state index is -0.218. The fourth-order valence-electron chi connectivity index (χ4n) is 2.33. The van der Waals surface area contributed by atoms with E-state index in [1.807, 2.05) is 37.3 Å². The number of aromatic amines is 1. The number of nitrogens with one attached hydrogen (secondary N) is 1. The third-order valence-electron chi connectivity index (χ3n) is 3.19. The molecule has 2 aromatic heterocycles. The lowest BCUT2D eigenvalue weighted by Gasteiger charge is -2.06. The number of benzene rings is 1. The summed E-state index contributed by atoms with van der Waals surface area (Å²) in [6.07, 6.45) is 1.87. The second-order valence-electron chi connectivity index (χ2n) is 4.85. The van der Waals surface area contributed by atoms with Crippen LogP contribution in [0.2, 0.25) is 0 Å². The zero-order valence-corrected chi connectivity index (χ0v) is 11.6. The number of aromatic nitrogens is 4. The zero-order valence-electron chi connectivity index (χ0n) is 11.6. The number of H-pyrrole nitrogens is 1. The predicted molar refractivity (Wildman–Crippen MR) is 78.2 cm³/mol. The van der Waals surface area contributed by atoms with E-state index >= 15 is 0 Å². The van der Waals surface area contributed by atoms with Gasteiger partial charge in [-0.2, -0.15) is 5.10 Å². The van der Waals surface area contributed by atoms with E-state index in [2.05, 4.69) is 22.0 Å². The Morgan fingerprint density at radius 1 is 1.30 bits per heavy atom. The first-order valence-electron chi connectivity index (χ1n) is 6.74. The Labute approximate surface area is 116 Å². The minimum absolute atomic E-state index is 0.218. The van der Waals surface area contributed by atoms with E-state index in [-0.39, 0.29) is 5.56 Å². The molecule has 20 heavy (non-hydrogen) atoms. The molecule has 0 saturated heterocycles. The van der Waals surface area contributed by atoms with Crippen LogP contribution in [0.25, 0.3) is 16.9 Å². The zero-order chi connectivity index (χ0) is 14.1. The van der Waals surface area contributed by atoms with Gasteiger partial charge in [0.05, 0.1) is 16.7 Å². The average molecular weight is 268 g/mol. The van der Waals surface area contributed by atoms with Crippen LogP contribution in [0.5, 0.6) is 0 Å². The summed E-state index contributed by atoms with van der Waals surface area (Å²) in [7, 11) is 0. The quantitative estimate of drug-likeness (QED) is 0.793. The number of rotatable bonds is 3. The van der Waals surface area contributed by atoms with Gasteiger partial charge in [-0.3, -0.25) is 4.79 Å². The number of aryl methyl sites for hydroxylation is 2. The molecule has 0 aliphatic heterocycles. The summed E-state index contributed by atoms with van der Waals surface area (Å²) in [4.78, 5) is 19.5. The smallest absolute Gasteiger partial charge is 0.293 e. The van der Waals surface area contributed by atoms with Gasteiger partial charge < -0.3 is 4.98 Å². The van der Waals surface area contributed by atoms with E-state index in [1.165, 1.54) is 0 Å². The van der Waals surface area contributed by atoms with Gasteiger partial charge >= 0.3 is 0 Å². The molecule has 2 heterocycles. The Balaban J connectivity index is 2.23. The molecule has 0 aliphatic rings. The number of nitrogens with zero attached hydrogens (tertiary/aromatic N) is 3. The molecule has 0 unspecified atom stereocenters. The molecule has 3 aromatic rings. The van der Waals surface area contributed by atoms with Crippen molar-refractivity contribution >= 4 is 11.0 Å². The largest absolute Gasteiger partial charge is 0.317 e. The van der Waals surface area contributed by atoms with Crippen LogP contribution < -0.4 is 5.56 Å². The van der Waals surface area contributed by atoms with E-state index in [1.54, 1.807) is 4.68 Å². The van der Waals surface area contributed by atoms with Crippen LogP contribution in [-0.4, -0.2) is 19.7 Å². The minimum Gasteiger partial charge on any atom is -0.317 e. The molecular formula is C15H16N4O. The van der Waals surface area contributed by atoms with Crippen molar-refractivity contribution in [2.24, 2.45) is 0 Å². The maximum atomic E-state index is 12.2. The van der Waals surface area contributed by atoms with Gasteiger partial charge in [0.25, 0.3) is 5.56 Å². The fourth-order valence-corrected chi connectivity index (χ4v) is 2.33. The number of hydrogen-bond donors (Lipinski definition) is 1. The summed E-state index contributed by atoms with van der Waals surface area (Å²) in [6, 6.07) is 9.50. The molecule has 5 nitrogen and oxygen atoms in total. The van der Waals surface area contributed by atoms with Crippen molar-refractivity contribution in [1.82, 2.24) is 19.7 Å². The number of fused-ring (bicyclic) bond motifs is 1. The van der Waals surface area contributed by atoms with Crippen molar-refractivity contribution in [2.75, 3.05) is 0 Å². The molecule has 102 valence electrons. The third-order valence-corrected chi connectivity index (χ3v) is 3.19. The van der Waals surface area contributed by atoms with Gasteiger partial charge in [-0.05, 0) is 31.5 Å². The molecule has 0 aliphatic carbocycles. The fraction of sp³-hybridized carbons (Fsp3) is 0.267. The molecule has 5 heteroatoms. The van der Waals surface area contributed by atoms with E-state index in [9.17, 15) is 4.79 Å². The maximum Gasteiger partial charge on any atom is 0.293 e. The van der Waals surface area contributed by atoms with Gasteiger partial charge in [0.1, 0.15) is 0 Å². The van der Waals surface area contributed by atoms with Crippen LogP contribution in [0.3, 0.4) is 0 Å². The Morgan fingerprint density at radius 3 is 2.90 bits per heavy atom. The highest BCUT2D eigenvalue weighted by Crippen LogP contribution is 2.12. The van der Waals surface area contributed by atoms with Crippen molar-refractivity contribution in [2.45, 2.75) is 26.7 Å². The molecule has 0 radical (unpaired) electrons. The number of para-hydroxylation sites is 2. The van der Waals surface area contributed by atoms with Crippen molar-refractivity contribution < 1.29 is 0 Å². The van der Waals surface area contributed by atoms with Crippen LogP contribution in [0, 0.1) is 6.92 Å². The van der Waals surface area contributed by atoms with Crippen molar-refractivity contribution in [3.63, 3.8) is 0 Å².